The Balaban J connectivity index is 2.35. The molecule has 1 fully saturated rings. The minimum absolute atomic E-state index is 0.319. The summed E-state index contributed by atoms with van der Waals surface area (Å²) < 4.78 is 0. The molecule has 0 aromatic rings. The van der Waals surface area contributed by atoms with Crippen LogP contribution in [0.2, 0.25) is 0 Å². The fourth-order valence-electron chi connectivity index (χ4n) is 2.77. The van der Waals surface area contributed by atoms with Crippen molar-refractivity contribution < 1.29 is 19.5 Å². The molecule has 1 heterocycles. The summed E-state index contributed by atoms with van der Waals surface area (Å²) >= 11 is 0. The number of carbonyl (C=O) groups is 3. The average Bonchev–Trinajstić information content (AvgIpc) is 2.55. The van der Waals surface area contributed by atoms with Crippen LogP contribution in [0.4, 0.5) is 0 Å². The predicted octanol–water partition coefficient (Wildman–Crippen LogP) is 1.33. The first-order valence-electron chi connectivity index (χ1n) is 6.19. The van der Waals surface area contributed by atoms with Crippen LogP contribution in [0.3, 0.4) is 0 Å². The summed E-state index contributed by atoms with van der Waals surface area (Å²) in [4.78, 5) is 36.4. The lowest BCUT2D eigenvalue weighted by Gasteiger charge is -2.41. The van der Waals surface area contributed by atoms with Crippen molar-refractivity contribution >= 4 is 17.8 Å². The van der Waals surface area contributed by atoms with Crippen LogP contribution in [-0.2, 0) is 14.4 Å². The SMILES string of the molecule is CC1=CC(=O)N(C2(C(=O)O)CCC(C)CC2)C1=O. The van der Waals surface area contributed by atoms with Gasteiger partial charge in [0.05, 0.1) is 0 Å². The number of imide groups is 1. The number of carbonyl (C=O) groups excluding carboxylic acids is 2. The standard InChI is InChI=1S/C13H17NO4/c1-8-3-5-13(6-4-8,12(17)18)14-10(15)7-9(2)11(14)16/h7-8H,3-6H2,1-2H3,(H,17,18). The first-order chi connectivity index (χ1) is 8.38. The van der Waals surface area contributed by atoms with E-state index in [2.05, 4.69) is 6.92 Å². The lowest BCUT2D eigenvalue weighted by Crippen LogP contribution is -2.59. The van der Waals surface area contributed by atoms with Crippen molar-refractivity contribution in [2.45, 2.75) is 45.1 Å². The van der Waals surface area contributed by atoms with E-state index >= 15 is 0 Å². The second kappa shape index (κ2) is 4.23. The monoisotopic (exact) mass is 251 g/mol. The van der Waals surface area contributed by atoms with Gasteiger partial charge in [0.25, 0.3) is 11.8 Å². The van der Waals surface area contributed by atoms with Gasteiger partial charge >= 0.3 is 5.97 Å². The van der Waals surface area contributed by atoms with E-state index < -0.39 is 23.3 Å². The fourth-order valence-corrected chi connectivity index (χ4v) is 2.77. The Hall–Kier alpha value is -1.65. The van der Waals surface area contributed by atoms with Gasteiger partial charge in [0.15, 0.2) is 0 Å². The summed E-state index contributed by atoms with van der Waals surface area (Å²) in [7, 11) is 0. The summed E-state index contributed by atoms with van der Waals surface area (Å²) in [6.07, 6.45) is 3.38. The van der Waals surface area contributed by atoms with E-state index in [1.165, 1.54) is 6.08 Å². The third kappa shape index (κ3) is 1.74. The lowest BCUT2D eigenvalue weighted by molar-refractivity contribution is -0.165. The minimum atomic E-state index is -1.34. The molecule has 2 aliphatic rings. The van der Waals surface area contributed by atoms with Crippen LogP contribution in [0.15, 0.2) is 11.6 Å². The molecule has 0 atom stereocenters. The van der Waals surface area contributed by atoms with Crippen molar-refractivity contribution in [2.24, 2.45) is 5.92 Å². The molecule has 98 valence electrons. The van der Waals surface area contributed by atoms with Gasteiger partial charge in [-0.2, -0.15) is 0 Å². The quantitative estimate of drug-likeness (QED) is 0.751. The third-order valence-electron chi connectivity index (χ3n) is 4.03. The van der Waals surface area contributed by atoms with Crippen molar-refractivity contribution in [1.82, 2.24) is 4.90 Å². The number of carboxylic acid groups (broad SMARTS) is 1. The number of hydrogen-bond donors (Lipinski definition) is 1. The number of amides is 2. The largest absolute Gasteiger partial charge is 0.479 e. The molecule has 0 radical (unpaired) electrons. The van der Waals surface area contributed by atoms with Gasteiger partial charge in [-0.15, -0.1) is 0 Å². The van der Waals surface area contributed by atoms with Crippen LogP contribution in [-0.4, -0.2) is 33.3 Å². The molecule has 1 aliphatic carbocycles. The van der Waals surface area contributed by atoms with E-state index in [0.29, 0.717) is 24.3 Å². The van der Waals surface area contributed by atoms with Crippen molar-refractivity contribution in [3.8, 4) is 0 Å². The molecule has 5 nitrogen and oxygen atoms in total. The molecule has 0 bridgehead atoms. The lowest BCUT2D eigenvalue weighted by atomic mass is 9.76. The highest BCUT2D eigenvalue weighted by Crippen LogP contribution is 2.39. The molecule has 1 saturated carbocycles. The fraction of sp³-hybridized carbons (Fsp3) is 0.615. The highest BCUT2D eigenvalue weighted by molar-refractivity contribution is 6.18. The number of hydrogen-bond acceptors (Lipinski definition) is 3. The van der Waals surface area contributed by atoms with Crippen molar-refractivity contribution in [2.75, 3.05) is 0 Å². The maximum Gasteiger partial charge on any atom is 0.330 e. The highest BCUT2D eigenvalue weighted by Gasteiger charge is 2.52. The van der Waals surface area contributed by atoms with Gasteiger partial charge in [-0.05, 0) is 38.5 Å². The molecule has 0 aromatic carbocycles. The zero-order chi connectivity index (χ0) is 13.5. The molecule has 2 rings (SSSR count). The maximum absolute atomic E-state index is 12.0. The van der Waals surface area contributed by atoms with Crippen molar-refractivity contribution in [3.05, 3.63) is 11.6 Å². The number of nitrogens with zero attached hydrogens (tertiary/aromatic N) is 1. The Morgan fingerprint density at radius 1 is 1.39 bits per heavy atom. The van der Waals surface area contributed by atoms with E-state index in [9.17, 15) is 19.5 Å². The molecular weight excluding hydrogens is 234 g/mol. The van der Waals surface area contributed by atoms with Gasteiger partial charge < -0.3 is 5.11 Å². The molecule has 0 unspecified atom stereocenters. The normalized spacial score (nSPS) is 32.7. The first-order valence-corrected chi connectivity index (χ1v) is 6.19. The zero-order valence-corrected chi connectivity index (χ0v) is 10.6. The molecule has 5 heteroatoms. The van der Waals surface area contributed by atoms with Crippen LogP contribution in [0, 0.1) is 5.92 Å². The van der Waals surface area contributed by atoms with Crippen LogP contribution < -0.4 is 0 Å². The van der Waals surface area contributed by atoms with Crippen molar-refractivity contribution in [3.63, 3.8) is 0 Å². The second-order valence-corrected chi connectivity index (χ2v) is 5.33. The molecule has 0 aromatic heterocycles. The summed E-state index contributed by atoms with van der Waals surface area (Å²) in [5.74, 6) is -1.58. The summed E-state index contributed by atoms with van der Waals surface area (Å²) in [5, 5.41) is 9.49. The second-order valence-electron chi connectivity index (χ2n) is 5.33. The molecular formula is C13H17NO4. The van der Waals surface area contributed by atoms with Crippen LogP contribution in [0.5, 0.6) is 0 Å². The Bertz CT molecular complexity index is 444. The van der Waals surface area contributed by atoms with E-state index in [1.807, 2.05) is 0 Å². The molecule has 0 spiro atoms. The number of aliphatic carboxylic acids is 1. The maximum atomic E-state index is 12.0. The molecule has 18 heavy (non-hydrogen) atoms. The molecule has 0 saturated heterocycles. The van der Waals surface area contributed by atoms with Gasteiger partial charge in [-0.3, -0.25) is 14.5 Å². The Morgan fingerprint density at radius 3 is 2.33 bits per heavy atom. The highest BCUT2D eigenvalue weighted by atomic mass is 16.4. The van der Waals surface area contributed by atoms with Gasteiger partial charge in [0, 0.05) is 11.6 Å². The third-order valence-corrected chi connectivity index (χ3v) is 4.03. The Morgan fingerprint density at radius 2 is 1.94 bits per heavy atom. The van der Waals surface area contributed by atoms with Gasteiger partial charge in [0.1, 0.15) is 5.54 Å². The molecule has 1 aliphatic heterocycles. The number of rotatable bonds is 2. The Labute approximate surface area is 105 Å². The molecule has 2 amide bonds. The van der Waals surface area contributed by atoms with E-state index in [4.69, 9.17) is 0 Å². The summed E-state index contributed by atoms with van der Waals surface area (Å²) in [6.45, 7) is 3.60. The molecule has 1 N–H and O–H groups in total. The van der Waals surface area contributed by atoms with Crippen LogP contribution in [0.25, 0.3) is 0 Å². The van der Waals surface area contributed by atoms with E-state index in [-0.39, 0.29) is 0 Å². The predicted molar refractivity (Wildman–Crippen MR) is 63.6 cm³/mol. The summed E-state index contributed by atoms with van der Waals surface area (Å²) in [5.41, 5.74) is -1.02. The Kier molecular flexibility index (Phi) is 3.00. The number of carboxylic acids is 1. The van der Waals surface area contributed by atoms with Crippen LogP contribution >= 0.6 is 0 Å². The van der Waals surface area contributed by atoms with Gasteiger partial charge in [-0.25, -0.2) is 4.79 Å². The minimum Gasteiger partial charge on any atom is -0.479 e. The van der Waals surface area contributed by atoms with E-state index in [0.717, 1.165) is 17.7 Å². The smallest absolute Gasteiger partial charge is 0.330 e. The average molecular weight is 251 g/mol. The van der Waals surface area contributed by atoms with Gasteiger partial charge in [0.2, 0.25) is 0 Å². The first kappa shape index (κ1) is 12.8. The zero-order valence-electron chi connectivity index (χ0n) is 10.6. The summed E-state index contributed by atoms with van der Waals surface area (Å²) in [6, 6.07) is 0. The van der Waals surface area contributed by atoms with Gasteiger partial charge in [-0.1, -0.05) is 6.92 Å². The van der Waals surface area contributed by atoms with E-state index in [1.54, 1.807) is 6.92 Å². The topological polar surface area (TPSA) is 74.7 Å². The van der Waals surface area contributed by atoms with Crippen LogP contribution in [0.1, 0.15) is 39.5 Å². The van der Waals surface area contributed by atoms with Crippen molar-refractivity contribution in [1.29, 1.82) is 0 Å².